The summed E-state index contributed by atoms with van der Waals surface area (Å²) in [5.74, 6) is 1.50. The van der Waals surface area contributed by atoms with Gasteiger partial charge in [0.15, 0.2) is 0 Å². The smallest absolute Gasteiger partial charge is 0.202 e. The molecule has 1 N–H and O–H groups in total. The zero-order chi connectivity index (χ0) is 12.5. The van der Waals surface area contributed by atoms with Gasteiger partial charge >= 0.3 is 0 Å². The highest BCUT2D eigenvalue weighted by Gasteiger charge is 2.02. The molecule has 0 aliphatic heterocycles. The molecule has 0 aromatic carbocycles. The van der Waals surface area contributed by atoms with E-state index in [9.17, 15) is 4.21 Å². The fourth-order valence-electron chi connectivity index (χ4n) is 1.40. The minimum absolute atomic E-state index is 0.657. The van der Waals surface area contributed by atoms with Gasteiger partial charge in [0.25, 0.3) is 0 Å². The molecule has 1 atom stereocenters. The topological polar surface area (TPSA) is 56.1 Å². The Hall–Kier alpha value is -0.880. The van der Waals surface area contributed by atoms with Gasteiger partial charge in [-0.2, -0.15) is 0 Å². The molecule has 98 valence electrons. The van der Waals surface area contributed by atoms with Crippen LogP contribution in [0.3, 0.4) is 0 Å². The number of ether oxygens (including phenoxy) is 1. The fraction of sp³-hybridized carbons (Fsp3) is 0.727. The van der Waals surface area contributed by atoms with Crippen LogP contribution < -0.4 is 5.32 Å². The third kappa shape index (κ3) is 5.83. The first-order valence-corrected chi connectivity index (χ1v) is 7.59. The van der Waals surface area contributed by atoms with Crippen LogP contribution in [0, 0.1) is 0 Å². The zero-order valence-electron chi connectivity index (χ0n) is 10.5. The summed E-state index contributed by atoms with van der Waals surface area (Å²) in [6.45, 7) is 5.09. The largest absolute Gasteiger partial charge is 0.382 e. The Bertz CT molecular complexity index is 341. The molecule has 0 saturated heterocycles. The molecule has 17 heavy (non-hydrogen) atoms. The second kappa shape index (κ2) is 8.25. The Morgan fingerprint density at radius 2 is 2.41 bits per heavy atom. The Morgan fingerprint density at radius 3 is 3.12 bits per heavy atom. The molecule has 0 aliphatic carbocycles. The van der Waals surface area contributed by atoms with Crippen molar-refractivity contribution in [2.75, 3.05) is 37.1 Å². The lowest BCUT2D eigenvalue weighted by atomic mass is 10.4. The molecule has 0 aliphatic rings. The van der Waals surface area contributed by atoms with Crippen LogP contribution in [-0.4, -0.2) is 45.5 Å². The van der Waals surface area contributed by atoms with Crippen LogP contribution in [0.5, 0.6) is 0 Å². The van der Waals surface area contributed by atoms with E-state index in [4.69, 9.17) is 4.74 Å². The number of nitrogens with one attached hydrogen (secondary N) is 1. The average Bonchev–Trinajstić information content (AvgIpc) is 2.73. The van der Waals surface area contributed by atoms with E-state index in [-0.39, 0.29) is 0 Å². The van der Waals surface area contributed by atoms with Crippen molar-refractivity contribution in [1.29, 1.82) is 0 Å². The minimum atomic E-state index is -0.765. The molecule has 0 radical (unpaired) electrons. The number of imidazole rings is 1. The highest BCUT2D eigenvalue weighted by Crippen LogP contribution is 2.04. The molecular weight excluding hydrogens is 238 g/mol. The van der Waals surface area contributed by atoms with Crippen molar-refractivity contribution in [3.63, 3.8) is 0 Å². The van der Waals surface area contributed by atoms with Gasteiger partial charge < -0.3 is 14.6 Å². The number of aryl methyl sites for hydroxylation is 1. The van der Waals surface area contributed by atoms with Crippen molar-refractivity contribution in [2.45, 2.75) is 19.9 Å². The number of anilines is 1. The maximum absolute atomic E-state index is 11.0. The van der Waals surface area contributed by atoms with Crippen LogP contribution in [0.2, 0.25) is 0 Å². The standard InChI is InChI=1S/C11H21N3O2S/c1-3-16-9-4-5-12-11-13-6-7-14(11)8-10-17(2)15/h6-7H,3-5,8-10H2,1-2H3,(H,12,13). The first-order valence-electron chi connectivity index (χ1n) is 5.86. The van der Waals surface area contributed by atoms with E-state index in [0.29, 0.717) is 5.75 Å². The molecule has 6 heteroatoms. The summed E-state index contributed by atoms with van der Waals surface area (Å²) >= 11 is 0. The molecule has 1 aromatic rings. The van der Waals surface area contributed by atoms with Crippen molar-refractivity contribution in [3.05, 3.63) is 12.4 Å². The molecule has 0 spiro atoms. The third-order valence-corrected chi connectivity index (χ3v) is 3.05. The van der Waals surface area contributed by atoms with Crippen molar-refractivity contribution >= 4 is 16.7 Å². The SMILES string of the molecule is CCOCCCNc1nccn1CCS(C)=O. The normalized spacial score (nSPS) is 12.6. The van der Waals surface area contributed by atoms with Gasteiger partial charge in [0.05, 0.1) is 0 Å². The van der Waals surface area contributed by atoms with Crippen LogP contribution in [0.4, 0.5) is 5.95 Å². The fourth-order valence-corrected chi connectivity index (χ4v) is 1.86. The molecule has 0 bridgehead atoms. The average molecular weight is 259 g/mol. The molecule has 1 heterocycles. The lowest BCUT2D eigenvalue weighted by Crippen LogP contribution is -2.13. The first kappa shape index (κ1) is 14.2. The van der Waals surface area contributed by atoms with Crippen molar-refractivity contribution in [3.8, 4) is 0 Å². The molecule has 0 saturated carbocycles. The van der Waals surface area contributed by atoms with Crippen LogP contribution in [-0.2, 0) is 22.1 Å². The number of rotatable bonds is 9. The summed E-state index contributed by atoms with van der Waals surface area (Å²) < 4.78 is 18.3. The highest BCUT2D eigenvalue weighted by molar-refractivity contribution is 7.84. The predicted molar refractivity (Wildman–Crippen MR) is 70.8 cm³/mol. The number of nitrogens with zero attached hydrogens (tertiary/aromatic N) is 2. The summed E-state index contributed by atoms with van der Waals surface area (Å²) in [7, 11) is -0.765. The van der Waals surface area contributed by atoms with Gasteiger partial charge in [-0.05, 0) is 13.3 Å². The third-order valence-electron chi connectivity index (χ3n) is 2.29. The van der Waals surface area contributed by atoms with E-state index in [1.807, 2.05) is 17.7 Å². The second-order valence-corrected chi connectivity index (χ2v) is 5.25. The summed E-state index contributed by atoms with van der Waals surface area (Å²) in [4.78, 5) is 4.22. The molecule has 1 aromatic heterocycles. The quantitative estimate of drug-likeness (QED) is 0.675. The lowest BCUT2D eigenvalue weighted by Gasteiger charge is -2.09. The number of hydrogen-bond donors (Lipinski definition) is 1. The van der Waals surface area contributed by atoms with Gasteiger partial charge in [-0.1, -0.05) is 0 Å². The molecule has 1 rings (SSSR count). The first-order chi connectivity index (χ1) is 8.24. The highest BCUT2D eigenvalue weighted by atomic mass is 32.2. The maximum atomic E-state index is 11.0. The van der Waals surface area contributed by atoms with E-state index in [1.54, 1.807) is 12.5 Å². The van der Waals surface area contributed by atoms with Crippen LogP contribution in [0.25, 0.3) is 0 Å². The van der Waals surface area contributed by atoms with Crippen LogP contribution in [0.15, 0.2) is 12.4 Å². The van der Waals surface area contributed by atoms with Crippen molar-refractivity contribution in [2.24, 2.45) is 0 Å². The van der Waals surface area contributed by atoms with E-state index in [0.717, 1.165) is 38.7 Å². The van der Waals surface area contributed by atoms with Crippen molar-refractivity contribution in [1.82, 2.24) is 9.55 Å². The predicted octanol–water partition coefficient (Wildman–Crippen LogP) is 1.10. The minimum Gasteiger partial charge on any atom is -0.382 e. The van der Waals surface area contributed by atoms with Gasteiger partial charge in [0.2, 0.25) is 5.95 Å². The Balaban J connectivity index is 2.27. The second-order valence-electron chi connectivity index (χ2n) is 3.70. The van der Waals surface area contributed by atoms with E-state index >= 15 is 0 Å². The van der Waals surface area contributed by atoms with Crippen LogP contribution in [0.1, 0.15) is 13.3 Å². The number of aromatic nitrogens is 2. The van der Waals surface area contributed by atoms with Gasteiger partial charge in [0.1, 0.15) is 0 Å². The summed E-state index contributed by atoms with van der Waals surface area (Å²) in [6, 6.07) is 0. The molecular formula is C11H21N3O2S. The van der Waals surface area contributed by atoms with E-state index in [2.05, 4.69) is 10.3 Å². The van der Waals surface area contributed by atoms with E-state index < -0.39 is 10.8 Å². The van der Waals surface area contributed by atoms with Gasteiger partial charge in [0, 0.05) is 61.5 Å². The van der Waals surface area contributed by atoms with Crippen LogP contribution >= 0.6 is 0 Å². The Kier molecular flexibility index (Phi) is 6.88. The molecule has 5 nitrogen and oxygen atoms in total. The maximum Gasteiger partial charge on any atom is 0.202 e. The van der Waals surface area contributed by atoms with Gasteiger partial charge in [-0.3, -0.25) is 4.21 Å². The summed E-state index contributed by atoms with van der Waals surface area (Å²) in [5.41, 5.74) is 0. The number of hydrogen-bond acceptors (Lipinski definition) is 4. The zero-order valence-corrected chi connectivity index (χ0v) is 11.3. The Labute approximate surface area is 105 Å². The molecule has 0 amide bonds. The lowest BCUT2D eigenvalue weighted by molar-refractivity contribution is 0.147. The summed E-state index contributed by atoms with van der Waals surface area (Å²) in [5, 5.41) is 3.25. The van der Waals surface area contributed by atoms with Crippen molar-refractivity contribution < 1.29 is 8.95 Å². The van der Waals surface area contributed by atoms with Gasteiger partial charge in [-0.25, -0.2) is 4.98 Å². The van der Waals surface area contributed by atoms with E-state index in [1.165, 1.54) is 0 Å². The molecule has 1 unspecified atom stereocenters. The summed E-state index contributed by atoms with van der Waals surface area (Å²) in [6.07, 6.45) is 6.33. The molecule has 0 fully saturated rings. The van der Waals surface area contributed by atoms with Gasteiger partial charge in [-0.15, -0.1) is 0 Å². The Morgan fingerprint density at radius 1 is 1.59 bits per heavy atom. The monoisotopic (exact) mass is 259 g/mol.